The molecule has 2 heterocycles. The minimum atomic E-state index is -1.74. The maximum Gasteiger partial charge on any atom is 0.295 e. The van der Waals surface area contributed by atoms with Gasteiger partial charge in [-0.05, 0) is 23.8 Å². The van der Waals surface area contributed by atoms with E-state index in [0.29, 0.717) is 24.7 Å². The highest BCUT2D eigenvalue weighted by atomic mass is 19.2. The van der Waals surface area contributed by atoms with Crippen LogP contribution in [0.1, 0.15) is 27.7 Å². The molecule has 1 aliphatic rings. The van der Waals surface area contributed by atoms with Crippen LogP contribution in [0.15, 0.2) is 34.9 Å². The van der Waals surface area contributed by atoms with Crippen LogP contribution in [0.25, 0.3) is 11.5 Å². The minimum absolute atomic E-state index is 0.0821. The number of amides is 1. The summed E-state index contributed by atoms with van der Waals surface area (Å²) in [5.74, 6) is -7.66. The summed E-state index contributed by atoms with van der Waals surface area (Å²) < 4.78 is 45.4. The van der Waals surface area contributed by atoms with Gasteiger partial charge in [-0.3, -0.25) is 4.79 Å². The summed E-state index contributed by atoms with van der Waals surface area (Å²) in [6, 6.07) is 9.50. The SMILES string of the molecule is N#Cc1ccc(C2CN(C(=O)c3noc(-c4cc(F)c(F)c(O)c4F)n3)C2)cc1. The molecule has 146 valence electrons. The van der Waals surface area contributed by atoms with Gasteiger partial charge in [-0.2, -0.15) is 14.6 Å². The number of phenols is 1. The fraction of sp³-hybridized carbons (Fsp3) is 0.158. The lowest BCUT2D eigenvalue weighted by Gasteiger charge is -2.38. The second-order valence-corrected chi connectivity index (χ2v) is 6.45. The molecule has 29 heavy (non-hydrogen) atoms. The normalized spacial score (nSPS) is 13.8. The molecule has 0 unspecified atom stereocenters. The zero-order valence-electron chi connectivity index (χ0n) is 14.6. The zero-order valence-corrected chi connectivity index (χ0v) is 14.6. The van der Waals surface area contributed by atoms with Crippen molar-refractivity contribution in [2.24, 2.45) is 0 Å². The number of carbonyl (C=O) groups is 1. The van der Waals surface area contributed by atoms with Crippen LogP contribution in [0.2, 0.25) is 0 Å². The van der Waals surface area contributed by atoms with Crippen molar-refractivity contribution in [3.8, 4) is 23.3 Å². The highest BCUT2D eigenvalue weighted by molar-refractivity contribution is 5.91. The van der Waals surface area contributed by atoms with E-state index in [4.69, 9.17) is 9.78 Å². The molecule has 2 aromatic carbocycles. The van der Waals surface area contributed by atoms with Gasteiger partial charge in [0.1, 0.15) is 0 Å². The largest absolute Gasteiger partial charge is 0.503 e. The standard InChI is InChI=1S/C19H11F3N4O3/c20-13-5-12(14(21)16(27)15(13)22)18-24-17(25-29-18)19(28)26-7-11(8-26)10-3-1-9(6-23)2-4-10/h1-5,11,27H,7-8H2. The maximum absolute atomic E-state index is 14.0. The molecule has 0 bridgehead atoms. The van der Waals surface area contributed by atoms with E-state index in [1.54, 1.807) is 12.1 Å². The number of rotatable bonds is 3. The number of hydrogen-bond donors (Lipinski definition) is 1. The van der Waals surface area contributed by atoms with E-state index in [2.05, 4.69) is 10.1 Å². The van der Waals surface area contributed by atoms with Gasteiger partial charge >= 0.3 is 0 Å². The van der Waals surface area contributed by atoms with Crippen LogP contribution in [0, 0.1) is 28.8 Å². The van der Waals surface area contributed by atoms with Crippen molar-refractivity contribution in [1.82, 2.24) is 15.0 Å². The number of carbonyl (C=O) groups excluding carboxylic acids is 1. The average molecular weight is 400 g/mol. The number of nitrogens with zero attached hydrogens (tertiary/aromatic N) is 4. The Morgan fingerprint density at radius 2 is 1.90 bits per heavy atom. The molecule has 0 saturated carbocycles. The minimum Gasteiger partial charge on any atom is -0.503 e. The van der Waals surface area contributed by atoms with Crippen molar-refractivity contribution in [1.29, 1.82) is 5.26 Å². The van der Waals surface area contributed by atoms with Gasteiger partial charge in [-0.15, -0.1) is 0 Å². The van der Waals surface area contributed by atoms with Gasteiger partial charge in [-0.25, -0.2) is 8.78 Å². The number of likely N-dealkylation sites (tertiary alicyclic amines) is 1. The van der Waals surface area contributed by atoms with Crippen molar-refractivity contribution in [2.45, 2.75) is 5.92 Å². The predicted octanol–water partition coefficient (Wildman–Crippen LogP) is 2.97. The summed E-state index contributed by atoms with van der Waals surface area (Å²) >= 11 is 0. The Kier molecular flexibility index (Phi) is 4.43. The lowest BCUT2D eigenvalue weighted by Crippen LogP contribution is -2.48. The van der Waals surface area contributed by atoms with Gasteiger partial charge in [0.05, 0.1) is 17.2 Å². The lowest BCUT2D eigenvalue weighted by molar-refractivity contribution is 0.0586. The Morgan fingerprint density at radius 1 is 1.21 bits per heavy atom. The first-order chi connectivity index (χ1) is 13.9. The number of aromatic hydroxyl groups is 1. The van der Waals surface area contributed by atoms with Gasteiger partial charge < -0.3 is 14.5 Å². The highest BCUT2D eigenvalue weighted by Gasteiger charge is 2.35. The van der Waals surface area contributed by atoms with Crippen LogP contribution in [0.5, 0.6) is 5.75 Å². The first-order valence-electron chi connectivity index (χ1n) is 8.39. The van der Waals surface area contributed by atoms with E-state index in [1.165, 1.54) is 4.90 Å². The fourth-order valence-corrected chi connectivity index (χ4v) is 2.99. The predicted molar refractivity (Wildman–Crippen MR) is 91.1 cm³/mol. The second-order valence-electron chi connectivity index (χ2n) is 6.45. The Morgan fingerprint density at radius 3 is 2.55 bits per heavy atom. The van der Waals surface area contributed by atoms with Crippen LogP contribution < -0.4 is 0 Å². The molecule has 1 aromatic heterocycles. The molecule has 1 N–H and O–H groups in total. The molecule has 3 aromatic rings. The van der Waals surface area contributed by atoms with Crippen molar-refractivity contribution >= 4 is 5.91 Å². The average Bonchev–Trinajstić information content (AvgIpc) is 3.18. The molecule has 1 saturated heterocycles. The molecule has 7 nitrogen and oxygen atoms in total. The summed E-state index contributed by atoms with van der Waals surface area (Å²) in [5, 5.41) is 21.6. The fourth-order valence-electron chi connectivity index (χ4n) is 2.99. The second kappa shape index (κ2) is 6.94. The topological polar surface area (TPSA) is 103 Å². The molecule has 1 aliphatic heterocycles. The molecule has 4 rings (SSSR count). The summed E-state index contributed by atoms with van der Waals surface area (Å²) in [5.41, 5.74) is 0.851. The molecular weight excluding hydrogens is 389 g/mol. The molecule has 0 radical (unpaired) electrons. The summed E-state index contributed by atoms with van der Waals surface area (Å²) in [7, 11) is 0. The van der Waals surface area contributed by atoms with Gasteiger partial charge in [0.25, 0.3) is 17.6 Å². The molecule has 0 atom stereocenters. The lowest BCUT2D eigenvalue weighted by atomic mass is 9.91. The van der Waals surface area contributed by atoms with Crippen molar-refractivity contribution < 1.29 is 27.6 Å². The van der Waals surface area contributed by atoms with Crippen LogP contribution >= 0.6 is 0 Å². The Bertz CT molecular complexity index is 1150. The highest BCUT2D eigenvalue weighted by Crippen LogP contribution is 2.32. The molecule has 1 fully saturated rings. The third-order valence-electron chi connectivity index (χ3n) is 4.66. The van der Waals surface area contributed by atoms with Crippen LogP contribution in [0.3, 0.4) is 0 Å². The third-order valence-corrected chi connectivity index (χ3v) is 4.66. The summed E-state index contributed by atoms with van der Waals surface area (Å²) in [4.78, 5) is 17.6. The molecule has 10 heteroatoms. The van der Waals surface area contributed by atoms with E-state index in [0.717, 1.165) is 5.56 Å². The monoisotopic (exact) mass is 400 g/mol. The maximum atomic E-state index is 14.0. The van der Waals surface area contributed by atoms with Gasteiger partial charge in [0, 0.05) is 19.0 Å². The Hall–Kier alpha value is -3.87. The summed E-state index contributed by atoms with van der Waals surface area (Å²) in [6.45, 7) is 0.768. The number of phenolic OH excluding ortho intramolecular Hbond substituents is 1. The van der Waals surface area contributed by atoms with E-state index >= 15 is 0 Å². The molecule has 1 amide bonds. The van der Waals surface area contributed by atoms with Crippen LogP contribution in [-0.4, -0.2) is 39.1 Å². The van der Waals surface area contributed by atoms with Gasteiger partial charge in [0.2, 0.25) is 5.82 Å². The molecule has 0 aliphatic carbocycles. The Balaban J connectivity index is 1.48. The van der Waals surface area contributed by atoms with Crippen LogP contribution in [0.4, 0.5) is 13.2 Å². The number of hydrogen-bond acceptors (Lipinski definition) is 6. The van der Waals surface area contributed by atoms with E-state index in [1.807, 2.05) is 18.2 Å². The zero-order chi connectivity index (χ0) is 20.7. The van der Waals surface area contributed by atoms with Crippen molar-refractivity contribution in [3.05, 3.63) is 64.7 Å². The van der Waals surface area contributed by atoms with Crippen molar-refractivity contribution in [3.63, 3.8) is 0 Å². The van der Waals surface area contributed by atoms with Crippen LogP contribution in [-0.2, 0) is 0 Å². The smallest absolute Gasteiger partial charge is 0.295 e. The molecule has 0 spiro atoms. The van der Waals surface area contributed by atoms with Gasteiger partial charge in [0.15, 0.2) is 17.4 Å². The first kappa shape index (κ1) is 18.5. The third kappa shape index (κ3) is 3.16. The quantitative estimate of drug-likeness (QED) is 0.678. The molecular formula is C19H11F3N4O3. The summed E-state index contributed by atoms with van der Waals surface area (Å²) in [6.07, 6.45) is 0. The Labute approximate surface area is 161 Å². The number of halogens is 3. The number of aromatic nitrogens is 2. The van der Waals surface area contributed by atoms with Crippen molar-refractivity contribution in [2.75, 3.05) is 13.1 Å². The van der Waals surface area contributed by atoms with E-state index < -0.39 is 40.6 Å². The van der Waals surface area contributed by atoms with Gasteiger partial charge in [-0.1, -0.05) is 17.3 Å². The number of nitriles is 1. The number of benzene rings is 2. The first-order valence-corrected chi connectivity index (χ1v) is 8.39. The van der Waals surface area contributed by atoms with E-state index in [-0.39, 0.29) is 11.7 Å². The van der Waals surface area contributed by atoms with E-state index in [9.17, 15) is 23.1 Å².